The van der Waals surface area contributed by atoms with Gasteiger partial charge in [0.1, 0.15) is 62.0 Å². The van der Waals surface area contributed by atoms with E-state index in [-0.39, 0.29) is 33.0 Å². The molecule has 0 spiro atoms. The lowest BCUT2D eigenvalue weighted by Gasteiger charge is -2.51. The van der Waals surface area contributed by atoms with Crippen molar-refractivity contribution in [3.05, 3.63) is 71.8 Å². The topological polar surface area (TPSA) is 222 Å². The number of rotatable bonds is 19. The van der Waals surface area contributed by atoms with Crippen molar-refractivity contribution in [3.63, 3.8) is 0 Å². The van der Waals surface area contributed by atoms with Crippen molar-refractivity contribution in [3.8, 4) is 0 Å². The van der Waals surface area contributed by atoms with Gasteiger partial charge in [0.15, 0.2) is 24.8 Å². The molecule has 19 heteroatoms. The third-order valence-electron chi connectivity index (χ3n) is 11.1. The molecule has 15 unspecified atom stereocenters. The van der Waals surface area contributed by atoms with E-state index in [0.29, 0.717) is 0 Å². The largest absolute Gasteiger partial charge is 0.463 e. The van der Waals surface area contributed by atoms with Gasteiger partial charge in [-0.05, 0) is 18.1 Å². The molecule has 0 N–H and O–H groups in total. The minimum absolute atomic E-state index is 0.0252. The molecule has 364 valence electrons. The molecule has 66 heavy (non-hydrogen) atoms. The fourth-order valence-corrected chi connectivity index (χ4v) is 8.18. The van der Waals surface area contributed by atoms with Crippen LogP contribution in [0.15, 0.2) is 60.7 Å². The van der Waals surface area contributed by atoms with Gasteiger partial charge in [0.2, 0.25) is 0 Å². The van der Waals surface area contributed by atoms with Crippen molar-refractivity contribution < 1.29 is 90.3 Å². The zero-order valence-corrected chi connectivity index (χ0v) is 38.7. The summed E-state index contributed by atoms with van der Waals surface area (Å²) in [5.74, 6) is -5.61. The molecular weight excluding hydrogens is 868 g/mol. The third-order valence-corrected chi connectivity index (χ3v) is 11.1. The zero-order valence-electron chi connectivity index (χ0n) is 38.7. The standard InChI is InChI=1S/C47H62O19/c1-25-39(59-30(6)50)42(61-32(8)52)37(23-55-28(4)48)63-46(25)65-41-27(3)58-36(22-54-20-34-16-12-10-13-17-34)44(45(41)57-21-35-18-14-11-15-19-35)66-47-26(2)40(60-31(7)51)43(62-33(9)53)38(64-47)24-56-29(5)49/h10-19,25-27,36-47H,20-24H2,1-9H3. The summed E-state index contributed by atoms with van der Waals surface area (Å²) in [5, 5.41) is 0. The van der Waals surface area contributed by atoms with E-state index in [4.69, 9.17) is 61.6 Å². The Morgan fingerprint density at radius 3 is 1.26 bits per heavy atom. The predicted octanol–water partition coefficient (Wildman–Crippen LogP) is 3.92. The van der Waals surface area contributed by atoms with E-state index in [1.165, 1.54) is 41.5 Å². The number of hydrogen-bond acceptors (Lipinski definition) is 19. The van der Waals surface area contributed by atoms with Crippen LogP contribution in [0.5, 0.6) is 0 Å². The highest BCUT2D eigenvalue weighted by molar-refractivity contribution is 5.68. The average molecular weight is 931 g/mol. The molecule has 3 aliphatic heterocycles. The minimum atomic E-state index is -1.25. The van der Waals surface area contributed by atoms with Gasteiger partial charge in [-0.3, -0.25) is 28.8 Å². The fraction of sp³-hybridized carbons (Fsp3) is 0.617. The van der Waals surface area contributed by atoms with Crippen LogP contribution in [0.3, 0.4) is 0 Å². The maximum absolute atomic E-state index is 12.6. The summed E-state index contributed by atoms with van der Waals surface area (Å²) in [7, 11) is 0. The molecule has 0 amide bonds. The molecule has 0 saturated carbocycles. The first-order valence-corrected chi connectivity index (χ1v) is 21.9. The smallest absolute Gasteiger partial charge is 0.303 e. The van der Waals surface area contributed by atoms with Gasteiger partial charge in [-0.1, -0.05) is 74.5 Å². The van der Waals surface area contributed by atoms with E-state index in [0.717, 1.165) is 11.1 Å². The van der Waals surface area contributed by atoms with Gasteiger partial charge in [0.25, 0.3) is 0 Å². The number of esters is 6. The Hall–Kier alpha value is -5.02. The molecule has 15 atom stereocenters. The summed E-state index contributed by atoms with van der Waals surface area (Å²) < 4.78 is 79.9. The van der Waals surface area contributed by atoms with E-state index >= 15 is 0 Å². The fourth-order valence-electron chi connectivity index (χ4n) is 8.18. The van der Waals surface area contributed by atoms with Crippen LogP contribution in [0.25, 0.3) is 0 Å². The van der Waals surface area contributed by atoms with Crippen LogP contribution in [0.4, 0.5) is 0 Å². The number of carbonyl (C=O) groups is 6. The zero-order chi connectivity index (χ0) is 48.1. The number of ether oxygens (including phenoxy) is 13. The molecule has 0 bridgehead atoms. The molecule has 5 rings (SSSR count). The Bertz CT molecular complexity index is 1910. The molecular formula is C47H62O19. The molecule has 3 heterocycles. The summed E-state index contributed by atoms with van der Waals surface area (Å²) in [5.41, 5.74) is 1.70. The summed E-state index contributed by atoms with van der Waals surface area (Å²) in [6.07, 6.45) is -14.2. The van der Waals surface area contributed by atoms with Gasteiger partial charge in [-0.15, -0.1) is 0 Å². The maximum atomic E-state index is 12.6. The van der Waals surface area contributed by atoms with Gasteiger partial charge in [-0.2, -0.15) is 0 Å². The monoisotopic (exact) mass is 930 g/mol. The van der Waals surface area contributed by atoms with Crippen LogP contribution in [-0.2, 0) is 104 Å². The predicted molar refractivity (Wildman–Crippen MR) is 226 cm³/mol. The van der Waals surface area contributed by atoms with Crippen molar-refractivity contribution in [1.82, 2.24) is 0 Å². The average Bonchev–Trinajstić information content (AvgIpc) is 3.25. The summed E-state index contributed by atoms with van der Waals surface area (Å²) >= 11 is 0. The van der Waals surface area contributed by atoms with Gasteiger partial charge >= 0.3 is 35.8 Å². The number of hydrogen-bond donors (Lipinski definition) is 0. The van der Waals surface area contributed by atoms with Crippen LogP contribution in [0, 0.1) is 11.8 Å². The van der Waals surface area contributed by atoms with Gasteiger partial charge in [0.05, 0.1) is 25.9 Å². The molecule has 0 radical (unpaired) electrons. The van der Waals surface area contributed by atoms with Crippen molar-refractivity contribution in [1.29, 1.82) is 0 Å². The van der Waals surface area contributed by atoms with Crippen LogP contribution < -0.4 is 0 Å². The Morgan fingerprint density at radius 2 is 0.833 bits per heavy atom. The van der Waals surface area contributed by atoms with Gasteiger partial charge < -0.3 is 61.6 Å². The molecule has 3 aliphatic rings. The molecule has 19 nitrogen and oxygen atoms in total. The minimum Gasteiger partial charge on any atom is -0.463 e. The summed E-state index contributed by atoms with van der Waals surface area (Å²) in [4.78, 5) is 73.9. The van der Waals surface area contributed by atoms with Crippen molar-refractivity contribution in [2.45, 2.75) is 155 Å². The van der Waals surface area contributed by atoms with Crippen molar-refractivity contribution in [2.24, 2.45) is 11.8 Å². The quantitative estimate of drug-likeness (QED) is 0.144. The normalized spacial score (nSPS) is 32.0. The molecule has 2 aromatic rings. The van der Waals surface area contributed by atoms with Gasteiger partial charge in [-0.25, -0.2) is 0 Å². The molecule has 2 aromatic carbocycles. The van der Waals surface area contributed by atoms with Crippen LogP contribution >= 0.6 is 0 Å². The van der Waals surface area contributed by atoms with E-state index in [1.54, 1.807) is 20.8 Å². The second-order valence-electron chi connectivity index (χ2n) is 16.5. The van der Waals surface area contributed by atoms with E-state index < -0.39 is 127 Å². The number of carbonyl (C=O) groups excluding carboxylic acids is 6. The molecule has 0 aromatic heterocycles. The maximum Gasteiger partial charge on any atom is 0.303 e. The molecule has 0 aliphatic carbocycles. The lowest BCUT2D eigenvalue weighted by molar-refractivity contribution is -0.360. The van der Waals surface area contributed by atoms with Crippen molar-refractivity contribution in [2.75, 3.05) is 19.8 Å². The summed E-state index contributed by atoms with van der Waals surface area (Å²) in [6.45, 7) is 11.8. The first kappa shape index (κ1) is 52.0. The lowest BCUT2D eigenvalue weighted by atomic mass is 9.90. The van der Waals surface area contributed by atoms with E-state index in [9.17, 15) is 28.8 Å². The Kier molecular flexibility index (Phi) is 19.4. The molecule has 3 fully saturated rings. The highest BCUT2D eigenvalue weighted by Crippen LogP contribution is 2.39. The third kappa shape index (κ3) is 14.7. The highest BCUT2D eigenvalue weighted by atomic mass is 16.7. The Balaban J connectivity index is 1.57. The first-order chi connectivity index (χ1) is 31.4. The number of benzene rings is 2. The van der Waals surface area contributed by atoms with Crippen LogP contribution in [-0.4, -0.2) is 135 Å². The second-order valence-corrected chi connectivity index (χ2v) is 16.5. The lowest BCUT2D eigenvalue weighted by Crippen LogP contribution is -2.65. The second kappa shape index (κ2) is 24.7. The first-order valence-electron chi connectivity index (χ1n) is 21.9. The van der Waals surface area contributed by atoms with Gasteiger partial charge in [0, 0.05) is 53.4 Å². The van der Waals surface area contributed by atoms with E-state index in [1.807, 2.05) is 60.7 Å². The Labute approximate surface area is 384 Å². The van der Waals surface area contributed by atoms with Crippen molar-refractivity contribution >= 4 is 35.8 Å². The SMILES string of the molecule is CC(=O)OCC1OC(OC2C(C)OC(COCc3ccccc3)C(OC3OC(COC(C)=O)C(OC(C)=O)C(OC(C)=O)C3C)C2OCc2ccccc2)C(C)C(OC(C)=O)C1OC(C)=O. The van der Waals surface area contributed by atoms with E-state index in [2.05, 4.69) is 0 Å². The van der Waals surface area contributed by atoms with Crippen LogP contribution in [0.1, 0.15) is 73.4 Å². The summed E-state index contributed by atoms with van der Waals surface area (Å²) in [6, 6.07) is 18.8. The van der Waals surface area contributed by atoms with Crippen LogP contribution in [0.2, 0.25) is 0 Å². The highest BCUT2D eigenvalue weighted by Gasteiger charge is 2.56. The Morgan fingerprint density at radius 1 is 0.439 bits per heavy atom. The molecule has 3 saturated heterocycles.